The van der Waals surface area contributed by atoms with Crippen molar-refractivity contribution in [3.63, 3.8) is 0 Å². The first-order valence-electron chi connectivity index (χ1n) is 10.7. The van der Waals surface area contributed by atoms with E-state index in [0.29, 0.717) is 10.8 Å². The molecule has 2 N–H and O–H groups in total. The van der Waals surface area contributed by atoms with E-state index in [1.165, 1.54) is 18.5 Å². The van der Waals surface area contributed by atoms with Crippen LogP contribution in [0.3, 0.4) is 0 Å². The fourth-order valence-electron chi connectivity index (χ4n) is 3.71. The smallest absolute Gasteiger partial charge is 0.293 e. The maximum atomic E-state index is 12.5. The summed E-state index contributed by atoms with van der Waals surface area (Å²) in [5.41, 5.74) is 3.81. The summed E-state index contributed by atoms with van der Waals surface area (Å²) in [5, 5.41) is 6.58. The standard InChI is InChI=1S/C25H26ClN3O2S/c1-16-11-13-29(14-12-16)20-7-5-19(6-8-20)27-25(32)28-24(30)23-10-9-22(31-23)18-4-3-17(2)21(26)15-18/h3-10,15-16H,11-14H2,1-2H3,(H2,27,28,30,32). The Balaban J connectivity index is 1.33. The highest BCUT2D eigenvalue weighted by molar-refractivity contribution is 7.80. The van der Waals surface area contributed by atoms with Gasteiger partial charge in [-0.25, -0.2) is 0 Å². The number of anilines is 2. The minimum Gasteiger partial charge on any atom is -0.451 e. The number of nitrogens with one attached hydrogen (secondary N) is 2. The highest BCUT2D eigenvalue weighted by atomic mass is 35.5. The molecule has 0 radical (unpaired) electrons. The summed E-state index contributed by atoms with van der Waals surface area (Å²) in [5.74, 6) is 1.13. The van der Waals surface area contributed by atoms with Crippen LogP contribution in [0.15, 0.2) is 59.0 Å². The molecule has 0 aliphatic carbocycles. The molecule has 0 bridgehead atoms. The maximum Gasteiger partial charge on any atom is 0.293 e. The molecule has 5 nitrogen and oxygen atoms in total. The van der Waals surface area contributed by atoms with Crippen LogP contribution in [0, 0.1) is 12.8 Å². The van der Waals surface area contributed by atoms with Gasteiger partial charge in [-0.15, -0.1) is 0 Å². The molecule has 2 aromatic carbocycles. The Morgan fingerprint density at radius 1 is 1.09 bits per heavy atom. The number of carbonyl (C=O) groups excluding carboxylic acids is 1. The summed E-state index contributed by atoms with van der Waals surface area (Å²) in [6, 6.07) is 17.1. The molecular weight excluding hydrogens is 442 g/mol. The van der Waals surface area contributed by atoms with E-state index in [9.17, 15) is 4.79 Å². The van der Waals surface area contributed by atoms with E-state index in [2.05, 4.69) is 34.6 Å². The van der Waals surface area contributed by atoms with Crippen molar-refractivity contribution in [3.05, 3.63) is 70.9 Å². The van der Waals surface area contributed by atoms with E-state index < -0.39 is 5.91 Å². The molecule has 4 rings (SSSR count). The summed E-state index contributed by atoms with van der Waals surface area (Å²) in [6.07, 6.45) is 2.45. The summed E-state index contributed by atoms with van der Waals surface area (Å²) in [6.45, 7) is 6.41. The number of nitrogens with zero attached hydrogens (tertiary/aromatic N) is 1. The quantitative estimate of drug-likeness (QED) is 0.443. The van der Waals surface area contributed by atoms with E-state index in [1.54, 1.807) is 12.1 Å². The molecule has 1 aromatic heterocycles. The van der Waals surface area contributed by atoms with Gasteiger partial charge in [0.2, 0.25) is 0 Å². The zero-order valence-electron chi connectivity index (χ0n) is 18.2. The number of rotatable bonds is 4. The van der Waals surface area contributed by atoms with Gasteiger partial charge in [-0.1, -0.05) is 30.7 Å². The first-order chi connectivity index (χ1) is 15.4. The SMILES string of the molecule is Cc1ccc(-c2ccc(C(=O)NC(=S)Nc3ccc(N4CCC(C)CC4)cc3)o2)cc1Cl. The number of carbonyl (C=O) groups is 1. The number of hydrogen-bond acceptors (Lipinski definition) is 4. The predicted octanol–water partition coefficient (Wildman–Crippen LogP) is 6.27. The molecule has 1 fully saturated rings. The number of amides is 1. The topological polar surface area (TPSA) is 57.5 Å². The normalized spacial score (nSPS) is 14.3. The number of halogens is 1. The minimum atomic E-state index is -0.411. The number of thiocarbonyl (C=S) groups is 1. The molecule has 7 heteroatoms. The van der Waals surface area contributed by atoms with Crippen LogP contribution < -0.4 is 15.5 Å². The Hall–Kier alpha value is -2.83. The average Bonchev–Trinajstić information content (AvgIpc) is 3.27. The Morgan fingerprint density at radius 3 is 2.50 bits per heavy atom. The first kappa shape index (κ1) is 22.4. The average molecular weight is 468 g/mol. The van der Waals surface area contributed by atoms with Crippen LogP contribution in [-0.4, -0.2) is 24.1 Å². The second kappa shape index (κ2) is 9.76. The fraction of sp³-hybridized carbons (Fsp3) is 0.280. The van der Waals surface area contributed by atoms with E-state index in [0.717, 1.165) is 35.8 Å². The summed E-state index contributed by atoms with van der Waals surface area (Å²) in [7, 11) is 0. The van der Waals surface area contributed by atoms with Gasteiger partial charge in [0.15, 0.2) is 10.9 Å². The van der Waals surface area contributed by atoms with E-state index in [-0.39, 0.29) is 10.9 Å². The van der Waals surface area contributed by atoms with Crippen molar-refractivity contribution in [2.45, 2.75) is 26.7 Å². The van der Waals surface area contributed by atoms with Gasteiger partial charge in [0.05, 0.1) is 0 Å². The molecule has 1 saturated heterocycles. The lowest BCUT2D eigenvalue weighted by atomic mass is 9.99. The third kappa shape index (κ3) is 5.31. The van der Waals surface area contributed by atoms with Gasteiger partial charge < -0.3 is 14.6 Å². The number of benzene rings is 2. The van der Waals surface area contributed by atoms with E-state index in [1.807, 2.05) is 37.3 Å². The maximum absolute atomic E-state index is 12.5. The van der Waals surface area contributed by atoms with Gasteiger partial charge in [-0.2, -0.15) is 0 Å². The Morgan fingerprint density at radius 2 is 1.81 bits per heavy atom. The van der Waals surface area contributed by atoms with Crippen LogP contribution in [0.2, 0.25) is 5.02 Å². The predicted molar refractivity (Wildman–Crippen MR) is 135 cm³/mol. The Bertz CT molecular complexity index is 1120. The molecule has 32 heavy (non-hydrogen) atoms. The van der Waals surface area contributed by atoms with Crippen molar-refractivity contribution in [2.75, 3.05) is 23.3 Å². The third-order valence-corrected chi connectivity index (χ3v) is 6.40. The molecule has 3 aromatic rings. The second-order valence-electron chi connectivity index (χ2n) is 8.25. The van der Waals surface area contributed by atoms with Crippen molar-refractivity contribution in [1.29, 1.82) is 0 Å². The Kier molecular flexibility index (Phi) is 6.82. The molecule has 0 spiro atoms. The summed E-state index contributed by atoms with van der Waals surface area (Å²) < 4.78 is 5.70. The molecule has 2 heterocycles. The van der Waals surface area contributed by atoms with Gasteiger partial charge in [-0.3, -0.25) is 10.1 Å². The van der Waals surface area contributed by atoms with Crippen molar-refractivity contribution < 1.29 is 9.21 Å². The first-order valence-corrected chi connectivity index (χ1v) is 11.5. The zero-order valence-corrected chi connectivity index (χ0v) is 19.7. The number of hydrogen-bond donors (Lipinski definition) is 2. The van der Waals surface area contributed by atoms with Gasteiger partial charge in [0.25, 0.3) is 5.91 Å². The van der Waals surface area contributed by atoms with E-state index >= 15 is 0 Å². The minimum absolute atomic E-state index is 0.176. The molecular formula is C25H26ClN3O2S. The lowest BCUT2D eigenvalue weighted by Crippen LogP contribution is -2.34. The molecule has 166 valence electrons. The van der Waals surface area contributed by atoms with Crippen molar-refractivity contribution in [1.82, 2.24) is 5.32 Å². The molecule has 1 aliphatic heterocycles. The number of furan rings is 1. The van der Waals surface area contributed by atoms with Crippen molar-refractivity contribution in [3.8, 4) is 11.3 Å². The summed E-state index contributed by atoms with van der Waals surface area (Å²) >= 11 is 11.5. The lowest BCUT2D eigenvalue weighted by molar-refractivity contribution is 0.0951. The van der Waals surface area contributed by atoms with Gasteiger partial charge in [0.1, 0.15) is 5.76 Å². The van der Waals surface area contributed by atoms with Gasteiger partial charge in [-0.05, 0) is 85.9 Å². The van der Waals surface area contributed by atoms with Crippen molar-refractivity contribution >= 4 is 46.2 Å². The van der Waals surface area contributed by atoms with Crippen LogP contribution >= 0.6 is 23.8 Å². The molecule has 1 aliphatic rings. The molecule has 0 atom stereocenters. The third-order valence-electron chi connectivity index (χ3n) is 5.79. The van der Waals surface area contributed by atoms with Crippen LogP contribution in [0.5, 0.6) is 0 Å². The molecule has 0 saturated carbocycles. The zero-order chi connectivity index (χ0) is 22.7. The highest BCUT2D eigenvalue weighted by Gasteiger charge is 2.17. The van der Waals surface area contributed by atoms with Gasteiger partial charge in [0, 0.05) is 35.1 Å². The lowest BCUT2D eigenvalue weighted by Gasteiger charge is -2.32. The summed E-state index contributed by atoms with van der Waals surface area (Å²) in [4.78, 5) is 14.9. The van der Waals surface area contributed by atoms with Gasteiger partial charge >= 0.3 is 0 Å². The van der Waals surface area contributed by atoms with Crippen molar-refractivity contribution in [2.24, 2.45) is 5.92 Å². The second-order valence-corrected chi connectivity index (χ2v) is 9.07. The number of aryl methyl sites for hydroxylation is 1. The van der Waals surface area contributed by atoms with Crippen LogP contribution in [-0.2, 0) is 0 Å². The molecule has 1 amide bonds. The van der Waals surface area contributed by atoms with E-state index in [4.69, 9.17) is 28.2 Å². The monoisotopic (exact) mass is 467 g/mol. The molecule has 0 unspecified atom stereocenters. The fourth-order valence-corrected chi connectivity index (χ4v) is 4.10. The highest BCUT2D eigenvalue weighted by Crippen LogP contribution is 2.27. The Labute approximate surface area is 198 Å². The largest absolute Gasteiger partial charge is 0.451 e. The van der Waals surface area contributed by atoms with Crippen LogP contribution in [0.25, 0.3) is 11.3 Å². The van der Waals surface area contributed by atoms with Crippen LogP contribution in [0.4, 0.5) is 11.4 Å². The number of piperidine rings is 1. The van der Waals surface area contributed by atoms with Crippen LogP contribution in [0.1, 0.15) is 35.9 Å².